The van der Waals surface area contributed by atoms with Crippen molar-refractivity contribution in [1.29, 1.82) is 0 Å². The Bertz CT molecular complexity index is 1710. The lowest BCUT2D eigenvalue weighted by molar-refractivity contribution is -0.131. The van der Waals surface area contributed by atoms with Crippen LogP contribution in [-0.2, 0) is 9.59 Å². The predicted molar refractivity (Wildman–Crippen MR) is 148 cm³/mol. The Kier molecular flexibility index (Phi) is 7.46. The lowest BCUT2D eigenvalue weighted by Crippen LogP contribution is -2.35. The maximum atomic E-state index is 15.1. The number of carbonyl (C=O) groups is 3. The van der Waals surface area contributed by atoms with E-state index in [1.54, 1.807) is 12.1 Å². The van der Waals surface area contributed by atoms with E-state index in [1.165, 1.54) is 44.6 Å². The van der Waals surface area contributed by atoms with Crippen LogP contribution in [-0.4, -0.2) is 36.9 Å². The number of methoxy groups -OCH3 is 1. The number of aromatic nitrogens is 1. The Balaban J connectivity index is 1.33. The van der Waals surface area contributed by atoms with Gasteiger partial charge in [-0.2, -0.15) is 0 Å². The fraction of sp³-hybridized carbons (Fsp3) is 0.172. The summed E-state index contributed by atoms with van der Waals surface area (Å²) in [7, 11) is 2.92. The number of hydrogen-bond acceptors (Lipinski definition) is 6. The van der Waals surface area contributed by atoms with Crippen molar-refractivity contribution in [3.05, 3.63) is 83.0 Å². The Morgan fingerprint density at radius 1 is 0.927 bits per heavy atom. The number of fused-ring (bicyclic) bond motifs is 1. The number of halogens is 3. The third-order valence-electron chi connectivity index (χ3n) is 6.70. The van der Waals surface area contributed by atoms with Gasteiger partial charge >= 0.3 is 0 Å². The maximum Gasteiger partial charge on any atom is 0.254 e. The number of benzene rings is 3. The second kappa shape index (κ2) is 11.0. The molecule has 3 N–H and O–H groups in total. The highest BCUT2D eigenvalue weighted by Crippen LogP contribution is 2.48. The number of nitrogens with zero attached hydrogens (tertiary/aromatic N) is 1. The van der Waals surface area contributed by atoms with Gasteiger partial charge < -0.3 is 25.4 Å². The van der Waals surface area contributed by atoms with E-state index in [4.69, 9.17) is 21.1 Å². The number of ether oxygens (including phenoxy) is 2. The van der Waals surface area contributed by atoms with E-state index >= 15 is 4.39 Å². The van der Waals surface area contributed by atoms with Gasteiger partial charge in [-0.3, -0.25) is 19.4 Å². The molecule has 0 atom stereocenters. The lowest BCUT2D eigenvalue weighted by atomic mass is 10.0. The minimum Gasteiger partial charge on any atom is -0.496 e. The normalized spacial score (nSPS) is 13.3. The second-order valence-electron chi connectivity index (χ2n) is 9.32. The molecule has 9 nitrogen and oxygen atoms in total. The molecule has 1 saturated carbocycles. The van der Waals surface area contributed by atoms with Gasteiger partial charge in [0.1, 0.15) is 22.7 Å². The molecule has 1 fully saturated rings. The predicted octanol–water partition coefficient (Wildman–Crippen LogP) is 5.68. The zero-order valence-electron chi connectivity index (χ0n) is 21.8. The minimum atomic E-state index is -1.36. The van der Waals surface area contributed by atoms with Gasteiger partial charge in [-0.1, -0.05) is 11.6 Å². The summed E-state index contributed by atoms with van der Waals surface area (Å²) >= 11 is 5.98. The van der Waals surface area contributed by atoms with Crippen molar-refractivity contribution < 1.29 is 32.6 Å². The van der Waals surface area contributed by atoms with E-state index in [0.717, 1.165) is 18.2 Å². The van der Waals surface area contributed by atoms with Gasteiger partial charge in [0.25, 0.3) is 5.91 Å². The summed E-state index contributed by atoms with van der Waals surface area (Å²) in [6.07, 6.45) is 2.04. The maximum absolute atomic E-state index is 15.1. The first-order valence-corrected chi connectivity index (χ1v) is 12.8. The van der Waals surface area contributed by atoms with Crippen molar-refractivity contribution in [2.75, 3.05) is 24.8 Å². The van der Waals surface area contributed by atoms with Gasteiger partial charge in [0, 0.05) is 36.5 Å². The highest BCUT2D eigenvalue weighted by atomic mass is 35.5. The van der Waals surface area contributed by atoms with Gasteiger partial charge in [0.05, 0.1) is 28.9 Å². The first kappa shape index (κ1) is 27.8. The van der Waals surface area contributed by atoms with Crippen molar-refractivity contribution in [2.45, 2.75) is 12.8 Å². The van der Waals surface area contributed by atoms with Crippen LogP contribution in [0.1, 0.15) is 23.2 Å². The van der Waals surface area contributed by atoms with Gasteiger partial charge in [-0.25, -0.2) is 8.78 Å². The van der Waals surface area contributed by atoms with E-state index in [9.17, 15) is 18.8 Å². The number of nitrogens with one attached hydrogen (secondary N) is 3. The monoisotopic (exact) mass is 580 g/mol. The molecule has 0 aliphatic heterocycles. The average molecular weight is 581 g/mol. The smallest absolute Gasteiger partial charge is 0.254 e. The van der Waals surface area contributed by atoms with Crippen LogP contribution in [0.5, 0.6) is 17.2 Å². The number of pyridine rings is 1. The van der Waals surface area contributed by atoms with E-state index < -0.39 is 28.9 Å². The Morgan fingerprint density at radius 3 is 2.34 bits per heavy atom. The van der Waals surface area contributed by atoms with Crippen molar-refractivity contribution in [3.63, 3.8) is 0 Å². The summed E-state index contributed by atoms with van der Waals surface area (Å²) in [5.74, 6) is -2.52. The average Bonchev–Trinajstić information content (AvgIpc) is 3.77. The van der Waals surface area contributed by atoms with Gasteiger partial charge in [-0.05, 0) is 55.3 Å². The summed E-state index contributed by atoms with van der Waals surface area (Å²) in [5.41, 5.74) is -0.355. The molecule has 0 unspecified atom stereocenters. The molecular weight excluding hydrogens is 558 g/mol. The molecule has 210 valence electrons. The van der Waals surface area contributed by atoms with Crippen LogP contribution in [0, 0.1) is 17.0 Å². The molecule has 3 aromatic carbocycles. The minimum absolute atomic E-state index is 0.00168. The Morgan fingerprint density at radius 2 is 1.68 bits per heavy atom. The molecular formula is C29H23ClF2N4O5. The highest BCUT2D eigenvalue weighted by molar-refractivity contribution is 6.34. The lowest BCUT2D eigenvalue weighted by Gasteiger charge is -2.17. The summed E-state index contributed by atoms with van der Waals surface area (Å²) in [6, 6.07) is 12.0. The fourth-order valence-electron chi connectivity index (χ4n) is 4.26. The van der Waals surface area contributed by atoms with E-state index in [-0.39, 0.29) is 52.2 Å². The second-order valence-corrected chi connectivity index (χ2v) is 9.73. The Labute approximate surface area is 237 Å². The van der Waals surface area contributed by atoms with Crippen molar-refractivity contribution >= 4 is 51.6 Å². The number of anilines is 2. The summed E-state index contributed by atoms with van der Waals surface area (Å²) in [6.45, 7) is 0. The molecule has 1 aliphatic carbocycles. The molecule has 1 aliphatic rings. The first-order valence-electron chi connectivity index (χ1n) is 12.4. The number of carbonyl (C=O) groups excluding carboxylic acids is 3. The van der Waals surface area contributed by atoms with Crippen molar-refractivity contribution in [2.24, 2.45) is 5.41 Å². The van der Waals surface area contributed by atoms with Gasteiger partial charge in [-0.15, -0.1) is 0 Å². The topological polar surface area (TPSA) is 119 Å². The Hall–Kier alpha value is -4.77. The molecule has 1 heterocycles. The van der Waals surface area contributed by atoms with Crippen LogP contribution < -0.4 is 25.4 Å². The number of amides is 3. The van der Waals surface area contributed by atoms with Crippen LogP contribution in [0.25, 0.3) is 10.9 Å². The molecule has 0 saturated heterocycles. The highest BCUT2D eigenvalue weighted by Gasteiger charge is 2.56. The fourth-order valence-corrected chi connectivity index (χ4v) is 4.48. The molecule has 0 radical (unpaired) electrons. The molecule has 12 heteroatoms. The quantitative estimate of drug-likeness (QED) is 0.231. The molecule has 0 spiro atoms. The van der Waals surface area contributed by atoms with Crippen LogP contribution in [0.2, 0.25) is 5.02 Å². The number of hydrogen-bond donors (Lipinski definition) is 3. The van der Waals surface area contributed by atoms with Crippen LogP contribution >= 0.6 is 11.6 Å². The van der Waals surface area contributed by atoms with E-state index in [2.05, 4.69) is 20.9 Å². The van der Waals surface area contributed by atoms with Crippen molar-refractivity contribution in [3.8, 4) is 17.2 Å². The van der Waals surface area contributed by atoms with Crippen LogP contribution in [0.3, 0.4) is 0 Å². The molecule has 0 bridgehead atoms. The first-order chi connectivity index (χ1) is 19.6. The molecule has 3 amide bonds. The number of rotatable bonds is 8. The zero-order valence-corrected chi connectivity index (χ0v) is 22.6. The summed E-state index contributed by atoms with van der Waals surface area (Å²) in [5, 5.41) is 8.13. The largest absolute Gasteiger partial charge is 0.496 e. The standard InChI is InChI=1S/C29H23ClF2N4O5/c1-33-26(37)18-13-17-22(14-25(18)40-2)34-10-7-23(17)41-24-6-4-16(12-20(24)32)35-27(38)29(8-9-29)28(39)36-21-5-3-15(31)11-19(21)30/h3-7,10-14H,8-9H2,1-2H3,(H,33,37)(H,35,38)(H,36,39). The molecule has 1 aromatic heterocycles. The van der Waals surface area contributed by atoms with Crippen LogP contribution in [0.15, 0.2) is 60.8 Å². The summed E-state index contributed by atoms with van der Waals surface area (Å²) < 4.78 is 39.5. The van der Waals surface area contributed by atoms with E-state index in [0.29, 0.717) is 16.7 Å². The zero-order chi connectivity index (χ0) is 29.3. The van der Waals surface area contributed by atoms with Crippen LogP contribution in [0.4, 0.5) is 20.2 Å². The molecule has 5 rings (SSSR count). The summed E-state index contributed by atoms with van der Waals surface area (Å²) in [4.78, 5) is 42.5. The molecule has 4 aromatic rings. The third kappa shape index (κ3) is 5.48. The molecule has 41 heavy (non-hydrogen) atoms. The SMILES string of the molecule is CNC(=O)c1cc2c(Oc3ccc(NC(=O)C4(C(=O)Nc5ccc(F)cc5Cl)CC4)cc3F)ccnc2cc1OC. The van der Waals surface area contributed by atoms with Crippen molar-refractivity contribution in [1.82, 2.24) is 10.3 Å². The van der Waals surface area contributed by atoms with E-state index in [1.807, 2.05) is 0 Å². The van der Waals surface area contributed by atoms with Gasteiger partial charge in [0.15, 0.2) is 11.6 Å². The third-order valence-corrected chi connectivity index (χ3v) is 7.02. The van der Waals surface area contributed by atoms with Gasteiger partial charge in [0.2, 0.25) is 11.8 Å².